The summed E-state index contributed by atoms with van der Waals surface area (Å²) in [4.78, 5) is 15.0. The normalized spacial score (nSPS) is 20.7. The second-order valence-corrected chi connectivity index (χ2v) is 7.86. The number of amides is 1. The number of likely N-dealkylation sites (tertiary alicyclic amines) is 1. The third kappa shape index (κ3) is 4.88. The highest BCUT2D eigenvalue weighted by atomic mass is 35.5. The van der Waals surface area contributed by atoms with Crippen LogP contribution >= 0.6 is 11.6 Å². The Morgan fingerprint density at radius 2 is 1.96 bits per heavy atom. The van der Waals surface area contributed by atoms with Gasteiger partial charge in [-0.15, -0.1) is 0 Å². The topological polar surface area (TPSA) is 50.8 Å². The van der Waals surface area contributed by atoms with E-state index in [1.807, 2.05) is 18.7 Å². The SMILES string of the molecule is CCCOc1c(Cl)cc(C(=O)N2CCC(C3CCNC3)CC2)cc1OCC. The van der Waals surface area contributed by atoms with E-state index in [1.165, 1.54) is 6.42 Å². The zero-order chi connectivity index (χ0) is 19.2. The summed E-state index contributed by atoms with van der Waals surface area (Å²) in [6.45, 7) is 8.91. The van der Waals surface area contributed by atoms with E-state index in [2.05, 4.69) is 5.32 Å². The zero-order valence-corrected chi connectivity index (χ0v) is 17.2. The molecule has 2 fully saturated rings. The Balaban J connectivity index is 1.68. The summed E-state index contributed by atoms with van der Waals surface area (Å²) in [7, 11) is 0. The number of nitrogens with one attached hydrogen (secondary N) is 1. The minimum atomic E-state index is 0.0305. The summed E-state index contributed by atoms with van der Waals surface area (Å²) in [5.74, 6) is 2.62. The molecule has 2 heterocycles. The fraction of sp³-hybridized carbons (Fsp3) is 0.667. The average Bonchev–Trinajstić information content (AvgIpc) is 3.22. The van der Waals surface area contributed by atoms with Crippen LogP contribution in [-0.4, -0.2) is 50.2 Å². The van der Waals surface area contributed by atoms with Crippen molar-refractivity contribution in [3.8, 4) is 11.5 Å². The smallest absolute Gasteiger partial charge is 0.254 e. The largest absolute Gasteiger partial charge is 0.490 e. The first-order valence-electron chi connectivity index (χ1n) is 10.2. The quantitative estimate of drug-likeness (QED) is 0.759. The number of carbonyl (C=O) groups excluding carboxylic acids is 1. The predicted octanol–water partition coefficient (Wildman–Crippen LogP) is 3.99. The maximum absolute atomic E-state index is 13.0. The monoisotopic (exact) mass is 394 g/mol. The highest BCUT2D eigenvalue weighted by Gasteiger charge is 2.30. The molecule has 27 heavy (non-hydrogen) atoms. The lowest BCUT2D eigenvalue weighted by Crippen LogP contribution is -2.40. The number of hydrogen-bond donors (Lipinski definition) is 1. The first-order valence-corrected chi connectivity index (χ1v) is 10.6. The summed E-state index contributed by atoms with van der Waals surface area (Å²) in [5.41, 5.74) is 0.577. The highest BCUT2D eigenvalue weighted by Crippen LogP contribution is 2.37. The van der Waals surface area contributed by atoms with Gasteiger partial charge in [0, 0.05) is 18.7 Å². The van der Waals surface area contributed by atoms with Crippen LogP contribution in [-0.2, 0) is 0 Å². The number of rotatable bonds is 7. The Kier molecular flexibility index (Phi) is 7.25. The van der Waals surface area contributed by atoms with Gasteiger partial charge in [0.15, 0.2) is 11.5 Å². The van der Waals surface area contributed by atoms with Gasteiger partial charge in [-0.25, -0.2) is 0 Å². The van der Waals surface area contributed by atoms with Crippen LogP contribution in [0.15, 0.2) is 12.1 Å². The highest BCUT2D eigenvalue weighted by molar-refractivity contribution is 6.32. The molecule has 1 unspecified atom stereocenters. The molecule has 0 bridgehead atoms. The Morgan fingerprint density at radius 1 is 1.19 bits per heavy atom. The van der Waals surface area contributed by atoms with Gasteiger partial charge in [-0.3, -0.25) is 4.79 Å². The molecule has 2 aliphatic rings. The van der Waals surface area contributed by atoms with Gasteiger partial charge in [0.05, 0.1) is 18.2 Å². The minimum Gasteiger partial charge on any atom is -0.490 e. The standard InChI is InChI=1S/C21H31ClN2O3/c1-3-11-27-20-18(22)12-17(13-19(20)26-4-2)21(25)24-9-6-15(7-10-24)16-5-8-23-14-16/h12-13,15-16,23H,3-11,14H2,1-2H3. The Morgan fingerprint density at radius 3 is 2.59 bits per heavy atom. The molecule has 3 rings (SSSR count). The first-order chi connectivity index (χ1) is 13.1. The lowest BCUT2D eigenvalue weighted by molar-refractivity contribution is 0.0662. The predicted molar refractivity (Wildman–Crippen MR) is 108 cm³/mol. The molecule has 1 N–H and O–H groups in total. The third-order valence-electron chi connectivity index (χ3n) is 5.60. The summed E-state index contributed by atoms with van der Waals surface area (Å²) in [6.07, 6.45) is 4.32. The van der Waals surface area contributed by atoms with Crippen LogP contribution in [0.5, 0.6) is 11.5 Å². The molecule has 1 aromatic carbocycles. The zero-order valence-electron chi connectivity index (χ0n) is 16.4. The van der Waals surface area contributed by atoms with Crippen molar-refractivity contribution in [1.29, 1.82) is 0 Å². The van der Waals surface area contributed by atoms with E-state index in [4.69, 9.17) is 21.1 Å². The molecule has 0 aliphatic carbocycles. The lowest BCUT2D eigenvalue weighted by Gasteiger charge is -2.34. The van der Waals surface area contributed by atoms with Gasteiger partial charge in [0.1, 0.15) is 0 Å². The van der Waals surface area contributed by atoms with E-state index in [1.54, 1.807) is 12.1 Å². The molecule has 1 atom stereocenters. The fourth-order valence-electron chi connectivity index (χ4n) is 4.13. The van der Waals surface area contributed by atoms with Crippen molar-refractivity contribution in [3.05, 3.63) is 22.7 Å². The molecule has 6 heteroatoms. The number of nitrogens with zero attached hydrogens (tertiary/aromatic N) is 1. The summed E-state index contributed by atoms with van der Waals surface area (Å²) >= 11 is 6.42. The summed E-state index contributed by atoms with van der Waals surface area (Å²) in [5, 5.41) is 3.89. The van der Waals surface area contributed by atoms with Crippen LogP contribution < -0.4 is 14.8 Å². The molecule has 1 aromatic rings. The van der Waals surface area contributed by atoms with E-state index >= 15 is 0 Å². The van der Waals surface area contributed by atoms with Crippen molar-refractivity contribution in [2.24, 2.45) is 11.8 Å². The van der Waals surface area contributed by atoms with E-state index in [0.29, 0.717) is 35.3 Å². The van der Waals surface area contributed by atoms with Crippen LogP contribution in [0, 0.1) is 11.8 Å². The van der Waals surface area contributed by atoms with Gasteiger partial charge >= 0.3 is 0 Å². The van der Waals surface area contributed by atoms with Crippen molar-refractivity contribution < 1.29 is 14.3 Å². The Labute approximate surface area is 167 Å². The third-order valence-corrected chi connectivity index (χ3v) is 5.88. The molecule has 0 radical (unpaired) electrons. The number of ether oxygens (including phenoxy) is 2. The van der Waals surface area contributed by atoms with Gasteiger partial charge in [-0.2, -0.15) is 0 Å². The van der Waals surface area contributed by atoms with Crippen molar-refractivity contribution in [3.63, 3.8) is 0 Å². The maximum Gasteiger partial charge on any atom is 0.254 e. The Bertz CT molecular complexity index is 639. The van der Waals surface area contributed by atoms with Crippen LogP contribution in [0.2, 0.25) is 5.02 Å². The van der Waals surface area contributed by atoms with Crippen molar-refractivity contribution in [2.75, 3.05) is 39.4 Å². The summed E-state index contributed by atoms with van der Waals surface area (Å²) in [6, 6.07) is 3.49. The second kappa shape index (κ2) is 9.65. The molecule has 0 saturated carbocycles. The van der Waals surface area contributed by atoms with Crippen molar-refractivity contribution >= 4 is 17.5 Å². The van der Waals surface area contributed by atoms with Crippen LogP contribution in [0.3, 0.4) is 0 Å². The van der Waals surface area contributed by atoms with Gasteiger partial charge in [0.2, 0.25) is 0 Å². The average molecular weight is 395 g/mol. The molecule has 5 nitrogen and oxygen atoms in total. The van der Waals surface area contributed by atoms with E-state index < -0.39 is 0 Å². The molecular weight excluding hydrogens is 364 g/mol. The summed E-state index contributed by atoms with van der Waals surface area (Å²) < 4.78 is 11.4. The number of carbonyl (C=O) groups is 1. The number of halogens is 1. The first kappa shape index (κ1) is 20.3. The van der Waals surface area contributed by atoms with Crippen LogP contribution in [0.1, 0.15) is 49.9 Å². The second-order valence-electron chi connectivity index (χ2n) is 7.45. The maximum atomic E-state index is 13.0. The number of piperidine rings is 1. The molecule has 150 valence electrons. The van der Waals surface area contributed by atoms with Crippen LogP contribution in [0.4, 0.5) is 0 Å². The molecular formula is C21H31ClN2O3. The molecule has 2 saturated heterocycles. The van der Waals surface area contributed by atoms with Crippen LogP contribution in [0.25, 0.3) is 0 Å². The Hall–Kier alpha value is -1.46. The van der Waals surface area contributed by atoms with E-state index in [0.717, 1.165) is 57.3 Å². The molecule has 2 aliphatic heterocycles. The lowest BCUT2D eigenvalue weighted by atomic mass is 9.83. The van der Waals surface area contributed by atoms with Gasteiger partial charge in [-0.1, -0.05) is 18.5 Å². The number of benzene rings is 1. The molecule has 0 aromatic heterocycles. The van der Waals surface area contributed by atoms with Gasteiger partial charge in [-0.05, 0) is 69.7 Å². The fourth-order valence-corrected chi connectivity index (χ4v) is 4.40. The number of hydrogen-bond acceptors (Lipinski definition) is 4. The van der Waals surface area contributed by atoms with Gasteiger partial charge < -0.3 is 19.7 Å². The van der Waals surface area contributed by atoms with Gasteiger partial charge in [0.25, 0.3) is 5.91 Å². The minimum absolute atomic E-state index is 0.0305. The van der Waals surface area contributed by atoms with Crippen molar-refractivity contribution in [2.45, 2.75) is 39.5 Å². The van der Waals surface area contributed by atoms with Crippen molar-refractivity contribution in [1.82, 2.24) is 10.2 Å². The molecule has 0 spiro atoms. The van der Waals surface area contributed by atoms with E-state index in [-0.39, 0.29) is 5.91 Å². The van der Waals surface area contributed by atoms with E-state index in [9.17, 15) is 4.79 Å². The molecule has 1 amide bonds.